The van der Waals surface area contributed by atoms with Crippen molar-refractivity contribution in [3.63, 3.8) is 0 Å². The summed E-state index contributed by atoms with van der Waals surface area (Å²) in [6, 6.07) is 0. The summed E-state index contributed by atoms with van der Waals surface area (Å²) in [7, 11) is 0. The van der Waals surface area contributed by atoms with Crippen molar-refractivity contribution in [2.24, 2.45) is 57.2 Å². The number of allylic oxidation sites excluding steroid dienone is 1. The Morgan fingerprint density at radius 1 is 0.906 bits per heavy atom. The zero-order chi connectivity index (χ0) is 23.1. The van der Waals surface area contributed by atoms with Gasteiger partial charge >= 0.3 is 5.97 Å². The average Bonchev–Trinajstić information content (AvgIpc) is 3.15. The first kappa shape index (κ1) is 22.9. The fourth-order valence-corrected chi connectivity index (χ4v) is 11.2. The first-order valence-electron chi connectivity index (χ1n) is 13.5. The van der Waals surface area contributed by atoms with Gasteiger partial charge in [0.05, 0.1) is 5.41 Å². The number of carboxylic acid groups (broad SMARTS) is 1. The van der Waals surface area contributed by atoms with Crippen LogP contribution in [0.5, 0.6) is 0 Å². The van der Waals surface area contributed by atoms with Crippen LogP contribution in [0.4, 0.5) is 0 Å². The van der Waals surface area contributed by atoms with E-state index in [1.807, 2.05) is 0 Å². The third-order valence-electron chi connectivity index (χ3n) is 12.9. The minimum atomic E-state index is -0.533. The Kier molecular flexibility index (Phi) is 5.26. The van der Waals surface area contributed by atoms with Crippen molar-refractivity contribution >= 4 is 5.97 Å². The molecule has 0 amide bonds. The summed E-state index contributed by atoms with van der Waals surface area (Å²) in [5.74, 6) is 2.44. The predicted molar refractivity (Wildman–Crippen MR) is 128 cm³/mol. The van der Waals surface area contributed by atoms with E-state index in [1.165, 1.54) is 50.5 Å². The van der Waals surface area contributed by atoms with Gasteiger partial charge in [0.2, 0.25) is 0 Å². The molecule has 10 unspecified atom stereocenters. The van der Waals surface area contributed by atoms with Crippen molar-refractivity contribution in [2.45, 2.75) is 98.3 Å². The van der Waals surface area contributed by atoms with Crippen LogP contribution in [0.2, 0.25) is 0 Å². The van der Waals surface area contributed by atoms with Crippen LogP contribution in [-0.2, 0) is 4.79 Å². The molecule has 3 nitrogen and oxygen atoms in total. The lowest BCUT2D eigenvalue weighted by atomic mass is 9.33. The van der Waals surface area contributed by atoms with E-state index in [9.17, 15) is 15.0 Å². The molecule has 5 saturated carbocycles. The summed E-state index contributed by atoms with van der Waals surface area (Å²) < 4.78 is 0. The third-order valence-corrected chi connectivity index (χ3v) is 12.9. The topological polar surface area (TPSA) is 57.5 Å². The number of aliphatic carboxylic acids is 1. The van der Waals surface area contributed by atoms with E-state index >= 15 is 0 Å². The molecule has 32 heavy (non-hydrogen) atoms. The van der Waals surface area contributed by atoms with E-state index in [4.69, 9.17) is 0 Å². The number of aliphatic hydroxyl groups is 1. The van der Waals surface area contributed by atoms with E-state index in [0.717, 1.165) is 25.7 Å². The van der Waals surface area contributed by atoms with Gasteiger partial charge in [-0.25, -0.2) is 0 Å². The molecular weight excluding hydrogens is 396 g/mol. The Morgan fingerprint density at radius 2 is 1.66 bits per heavy atom. The zero-order valence-corrected chi connectivity index (χ0v) is 21.0. The average molecular weight is 443 g/mol. The highest BCUT2D eigenvalue weighted by atomic mass is 16.4. The van der Waals surface area contributed by atoms with Gasteiger partial charge in [-0.3, -0.25) is 4.79 Å². The Hall–Kier alpha value is -0.830. The van der Waals surface area contributed by atoms with Crippen molar-refractivity contribution in [1.29, 1.82) is 0 Å². The van der Waals surface area contributed by atoms with Crippen LogP contribution in [0.1, 0.15) is 98.3 Å². The van der Waals surface area contributed by atoms with Crippen LogP contribution in [0.25, 0.3) is 0 Å². The second-order valence-corrected chi connectivity index (χ2v) is 13.5. The molecule has 0 spiro atoms. The number of fused-ring (bicyclic) bond motifs is 7. The molecule has 0 heterocycles. The second-order valence-electron chi connectivity index (χ2n) is 13.5. The van der Waals surface area contributed by atoms with Gasteiger partial charge in [-0.05, 0) is 123 Å². The Balaban J connectivity index is 1.55. The molecule has 0 radical (unpaired) electrons. The monoisotopic (exact) mass is 442 g/mol. The summed E-state index contributed by atoms with van der Waals surface area (Å²) in [6.07, 6.45) is 12.5. The standard InChI is InChI=1S/C29H46O3/c1-18(2)20-10-14-29(25(31)32)16-15-27(4)22(24(20)29)8-9-23-26(3)12-6-7-19(17-30)21(26)11-13-28(23,27)5/h19-24,30H,1,6-17H2,2-5H3,(H,31,32). The summed E-state index contributed by atoms with van der Waals surface area (Å²) in [5, 5.41) is 20.6. The molecule has 0 aromatic heterocycles. The summed E-state index contributed by atoms with van der Waals surface area (Å²) >= 11 is 0. The minimum Gasteiger partial charge on any atom is -0.481 e. The van der Waals surface area contributed by atoms with Gasteiger partial charge in [-0.2, -0.15) is 0 Å². The highest BCUT2D eigenvalue weighted by molar-refractivity contribution is 5.76. The van der Waals surface area contributed by atoms with Gasteiger partial charge < -0.3 is 10.2 Å². The van der Waals surface area contributed by atoms with Crippen LogP contribution < -0.4 is 0 Å². The molecule has 5 rings (SSSR count). The molecule has 2 N–H and O–H groups in total. The van der Waals surface area contributed by atoms with Crippen molar-refractivity contribution in [1.82, 2.24) is 0 Å². The maximum atomic E-state index is 12.7. The van der Waals surface area contributed by atoms with Gasteiger partial charge in [-0.15, -0.1) is 0 Å². The molecule has 10 atom stereocenters. The van der Waals surface area contributed by atoms with Crippen LogP contribution in [0.15, 0.2) is 12.2 Å². The molecule has 5 fully saturated rings. The fraction of sp³-hybridized carbons (Fsp3) is 0.897. The first-order chi connectivity index (χ1) is 15.0. The van der Waals surface area contributed by atoms with E-state index in [0.29, 0.717) is 41.6 Å². The predicted octanol–water partition coefficient (Wildman–Crippen LogP) is 6.70. The summed E-state index contributed by atoms with van der Waals surface area (Å²) in [5.41, 5.74) is 1.49. The Labute approximate surface area is 195 Å². The Morgan fingerprint density at radius 3 is 2.31 bits per heavy atom. The number of aliphatic hydroxyl groups excluding tert-OH is 1. The lowest BCUT2D eigenvalue weighted by Gasteiger charge is -2.71. The first-order valence-corrected chi connectivity index (χ1v) is 13.5. The summed E-state index contributed by atoms with van der Waals surface area (Å²) in [6.45, 7) is 14.6. The van der Waals surface area contributed by atoms with Gasteiger partial charge in [-0.1, -0.05) is 39.3 Å². The fourth-order valence-electron chi connectivity index (χ4n) is 11.2. The normalized spacial score (nSPS) is 54.7. The van der Waals surface area contributed by atoms with Crippen molar-refractivity contribution in [3.05, 3.63) is 12.2 Å². The number of rotatable bonds is 3. The van der Waals surface area contributed by atoms with Gasteiger partial charge in [0, 0.05) is 6.61 Å². The van der Waals surface area contributed by atoms with E-state index < -0.39 is 11.4 Å². The van der Waals surface area contributed by atoms with E-state index in [2.05, 4.69) is 34.3 Å². The lowest BCUT2D eigenvalue weighted by molar-refractivity contribution is -0.232. The second kappa shape index (κ2) is 7.33. The van der Waals surface area contributed by atoms with Crippen molar-refractivity contribution < 1.29 is 15.0 Å². The Bertz CT molecular complexity index is 804. The highest BCUT2D eigenvalue weighted by Crippen LogP contribution is 2.76. The van der Waals surface area contributed by atoms with Crippen molar-refractivity contribution in [2.75, 3.05) is 6.61 Å². The maximum absolute atomic E-state index is 12.7. The molecular formula is C29H46O3. The molecule has 180 valence electrons. The quantitative estimate of drug-likeness (QED) is 0.478. The van der Waals surface area contributed by atoms with Crippen LogP contribution in [-0.4, -0.2) is 22.8 Å². The zero-order valence-electron chi connectivity index (χ0n) is 21.0. The van der Waals surface area contributed by atoms with Gasteiger partial charge in [0.15, 0.2) is 0 Å². The highest BCUT2D eigenvalue weighted by Gasteiger charge is 2.71. The van der Waals surface area contributed by atoms with Crippen LogP contribution in [0.3, 0.4) is 0 Å². The largest absolute Gasteiger partial charge is 0.481 e. The molecule has 3 heteroatoms. The number of hydrogen-bond donors (Lipinski definition) is 2. The SMILES string of the molecule is C=C(C)C1CCC2(C(=O)O)CCC3(C)C(CCC4C5(C)CCCC(CO)C5CCC43C)C12. The third kappa shape index (κ3) is 2.67. The van der Waals surface area contributed by atoms with Gasteiger partial charge in [0.25, 0.3) is 0 Å². The lowest BCUT2D eigenvalue weighted by Crippen LogP contribution is -2.65. The molecule has 5 aliphatic carbocycles. The van der Waals surface area contributed by atoms with Crippen LogP contribution in [0, 0.1) is 57.2 Å². The molecule has 0 aliphatic heterocycles. The number of hydrogen-bond acceptors (Lipinski definition) is 2. The smallest absolute Gasteiger partial charge is 0.309 e. The van der Waals surface area contributed by atoms with Gasteiger partial charge in [0.1, 0.15) is 0 Å². The number of carboxylic acids is 1. The molecule has 0 aromatic carbocycles. The molecule has 0 bridgehead atoms. The van der Waals surface area contributed by atoms with E-state index in [1.54, 1.807) is 0 Å². The minimum absolute atomic E-state index is 0.206. The molecule has 5 aliphatic rings. The molecule has 0 aromatic rings. The summed E-state index contributed by atoms with van der Waals surface area (Å²) in [4.78, 5) is 12.7. The van der Waals surface area contributed by atoms with Crippen molar-refractivity contribution in [3.8, 4) is 0 Å². The molecule has 0 saturated heterocycles. The van der Waals surface area contributed by atoms with E-state index in [-0.39, 0.29) is 16.7 Å². The maximum Gasteiger partial charge on any atom is 0.309 e. The van der Waals surface area contributed by atoms with Crippen LogP contribution >= 0.6 is 0 Å². The number of carbonyl (C=O) groups is 1.